The Morgan fingerprint density at radius 2 is 1.73 bits per heavy atom. The number of aliphatic hydroxyl groups is 4. The number of hydrogen-bond donors (Lipinski definition) is 6. The lowest BCUT2D eigenvalue weighted by Crippen LogP contribution is -2.67. The third-order valence-electron chi connectivity index (χ3n) is 8.27. The third-order valence-corrected chi connectivity index (χ3v) is 9.45. The molecule has 10 nitrogen and oxygen atoms in total. The maximum atomic E-state index is 14.1. The van der Waals surface area contributed by atoms with E-state index in [2.05, 4.69) is 0 Å². The number of primary amides is 1. The lowest BCUT2D eigenvalue weighted by Gasteiger charge is -2.53. The molecule has 7 N–H and O–H groups in total. The van der Waals surface area contributed by atoms with Crippen molar-refractivity contribution in [3.05, 3.63) is 82.1 Å². The predicted octanol–water partition coefficient (Wildman–Crippen LogP) is 1.54. The van der Waals surface area contributed by atoms with E-state index in [4.69, 9.17) is 5.73 Å². The van der Waals surface area contributed by atoms with E-state index in [1.54, 1.807) is 6.07 Å². The molecule has 3 aliphatic carbocycles. The number of phenols is 1. The Balaban J connectivity index is 1.69. The summed E-state index contributed by atoms with van der Waals surface area (Å²) in [6.45, 7) is 0. The topological polar surface area (TPSA) is 182 Å². The van der Waals surface area contributed by atoms with Crippen LogP contribution in [-0.2, 0) is 25.7 Å². The molecule has 0 radical (unpaired) electrons. The summed E-state index contributed by atoms with van der Waals surface area (Å²) in [7, 11) is 3.04. The molecule has 2 aromatic carbocycles. The standard InChI is InChI=1S/C29H30N2O8S/c1-31(2)22-17-11-16-20(25(35)29(17,39)26(36)21(24(22)34)27(30)37)23(33)19-15(9-6-10-18(19)32)28(16,38)13-40-12-14-7-4-3-5-8-14/h3-10,16-17,22,32-33,36,38-39H,11-13H2,1-2H3,(H2,30,37)/t16-,17-,22-,28+,29-/m0/s1. The fourth-order valence-corrected chi connectivity index (χ4v) is 7.64. The van der Waals surface area contributed by atoms with Crippen molar-refractivity contribution in [1.29, 1.82) is 0 Å². The van der Waals surface area contributed by atoms with E-state index in [1.165, 1.54) is 42.9 Å². The Labute approximate surface area is 234 Å². The van der Waals surface area contributed by atoms with Crippen LogP contribution in [0.1, 0.15) is 23.1 Å². The summed E-state index contributed by atoms with van der Waals surface area (Å²) in [5, 5.41) is 57.2. The number of carbonyl (C=O) groups is 3. The second kappa shape index (κ2) is 9.77. The van der Waals surface area contributed by atoms with Gasteiger partial charge in [-0.15, -0.1) is 0 Å². The SMILES string of the molecule is CN(C)[C@@H]1C(=O)C(C(N)=O)=C(O)[C@@]2(O)C(=O)C3=C(O)c4c(O)cccc4[C@](O)(CSCc4ccccc4)[C@H]3C[C@@H]12. The number of rotatable bonds is 6. The highest BCUT2D eigenvalue weighted by molar-refractivity contribution is 7.98. The van der Waals surface area contributed by atoms with Gasteiger partial charge in [0.2, 0.25) is 5.78 Å². The molecule has 0 aromatic heterocycles. The Hall–Kier alpha value is -3.64. The molecule has 40 heavy (non-hydrogen) atoms. The number of hydrogen-bond acceptors (Lipinski definition) is 10. The molecule has 0 bridgehead atoms. The molecule has 2 aromatic rings. The number of Topliss-reactive ketones (excluding diaryl/α,β-unsaturated/α-hetero) is 2. The summed E-state index contributed by atoms with van der Waals surface area (Å²) in [5.74, 6) is -7.44. The average molecular weight is 567 g/mol. The van der Waals surface area contributed by atoms with Crippen molar-refractivity contribution in [2.45, 2.75) is 29.4 Å². The van der Waals surface area contributed by atoms with Gasteiger partial charge < -0.3 is 31.3 Å². The maximum Gasteiger partial charge on any atom is 0.255 e. The van der Waals surface area contributed by atoms with Crippen molar-refractivity contribution in [2.75, 3.05) is 19.8 Å². The quantitative estimate of drug-likeness (QED) is 0.281. The number of likely N-dealkylation sites (N-methyl/N-ethyl adjacent to an activating group) is 1. The number of benzene rings is 2. The summed E-state index contributed by atoms with van der Waals surface area (Å²) >= 11 is 1.37. The number of ketones is 2. The summed E-state index contributed by atoms with van der Waals surface area (Å²) < 4.78 is 0. The fraction of sp³-hybridized carbons (Fsp3) is 0.345. The van der Waals surface area contributed by atoms with Gasteiger partial charge in [0.15, 0.2) is 11.4 Å². The number of phenolic OH excluding ortho intramolecular Hbond substituents is 1. The van der Waals surface area contributed by atoms with Crippen molar-refractivity contribution < 1.29 is 39.9 Å². The van der Waals surface area contributed by atoms with Crippen LogP contribution in [0.2, 0.25) is 0 Å². The summed E-state index contributed by atoms with van der Waals surface area (Å²) in [5.41, 5.74) is 0.487. The van der Waals surface area contributed by atoms with E-state index in [-0.39, 0.29) is 23.3 Å². The van der Waals surface area contributed by atoms with Gasteiger partial charge in [-0.25, -0.2) is 0 Å². The van der Waals surface area contributed by atoms with Crippen LogP contribution in [0.5, 0.6) is 5.75 Å². The summed E-state index contributed by atoms with van der Waals surface area (Å²) in [6, 6.07) is 12.6. The molecule has 1 fully saturated rings. The largest absolute Gasteiger partial charge is 0.508 e. The molecular formula is C29H30N2O8S. The number of amides is 1. The number of nitrogens with zero attached hydrogens (tertiary/aromatic N) is 1. The van der Waals surface area contributed by atoms with Crippen LogP contribution in [0.3, 0.4) is 0 Å². The normalized spacial score (nSPS) is 29.8. The second-order valence-electron chi connectivity index (χ2n) is 10.7. The number of aromatic hydroxyl groups is 1. The number of carbonyl (C=O) groups excluding carboxylic acids is 3. The Morgan fingerprint density at radius 3 is 2.35 bits per heavy atom. The van der Waals surface area contributed by atoms with Crippen LogP contribution < -0.4 is 5.73 Å². The molecule has 3 aliphatic rings. The Kier molecular flexibility index (Phi) is 6.82. The highest BCUT2D eigenvalue weighted by atomic mass is 32.2. The van der Waals surface area contributed by atoms with E-state index < -0.39 is 75.0 Å². The molecule has 1 saturated carbocycles. The van der Waals surface area contributed by atoms with Gasteiger partial charge in [0, 0.05) is 28.9 Å². The first-order valence-corrected chi connectivity index (χ1v) is 13.8. The smallest absolute Gasteiger partial charge is 0.255 e. The predicted molar refractivity (Wildman–Crippen MR) is 147 cm³/mol. The van der Waals surface area contributed by atoms with E-state index >= 15 is 0 Å². The molecule has 0 aliphatic heterocycles. The number of nitrogens with two attached hydrogens (primary N) is 1. The number of aliphatic hydroxyl groups excluding tert-OH is 2. The van der Waals surface area contributed by atoms with Gasteiger partial charge in [0.05, 0.1) is 11.6 Å². The number of thioether (sulfide) groups is 1. The fourth-order valence-electron chi connectivity index (χ4n) is 6.44. The van der Waals surface area contributed by atoms with Gasteiger partial charge in [0.25, 0.3) is 5.91 Å². The first kappa shape index (κ1) is 27.9. The molecule has 1 amide bonds. The van der Waals surface area contributed by atoms with Gasteiger partial charge in [-0.05, 0) is 37.7 Å². The average Bonchev–Trinajstić information content (AvgIpc) is 2.89. The van der Waals surface area contributed by atoms with E-state index in [9.17, 15) is 39.9 Å². The second-order valence-corrected chi connectivity index (χ2v) is 11.7. The van der Waals surface area contributed by atoms with Crippen LogP contribution in [0, 0.1) is 11.8 Å². The van der Waals surface area contributed by atoms with Gasteiger partial charge in [0.1, 0.15) is 28.4 Å². The highest BCUT2D eigenvalue weighted by Gasteiger charge is 2.67. The molecule has 0 heterocycles. The van der Waals surface area contributed by atoms with Crippen molar-refractivity contribution >= 4 is 35.0 Å². The first-order chi connectivity index (χ1) is 18.9. The van der Waals surface area contributed by atoms with E-state index in [1.807, 2.05) is 30.3 Å². The lowest BCUT2D eigenvalue weighted by molar-refractivity contribution is -0.158. The maximum absolute atomic E-state index is 14.1. The van der Waals surface area contributed by atoms with Gasteiger partial charge >= 0.3 is 0 Å². The minimum Gasteiger partial charge on any atom is -0.508 e. The van der Waals surface area contributed by atoms with Gasteiger partial charge in [-0.3, -0.25) is 19.3 Å². The van der Waals surface area contributed by atoms with Crippen LogP contribution in [0.4, 0.5) is 0 Å². The van der Waals surface area contributed by atoms with Crippen LogP contribution in [0.15, 0.2) is 65.4 Å². The monoisotopic (exact) mass is 566 g/mol. The van der Waals surface area contributed by atoms with Gasteiger partial charge in [-0.1, -0.05) is 42.5 Å². The third kappa shape index (κ3) is 3.87. The summed E-state index contributed by atoms with van der Waals surface area (Å²) in [6.07, 6.45) is -0.218. The molecule has 5 rings (SSSR count). The molecule has 11 heteroatoms. The highest BCUT2D eigenvalue weighted by Crippen LogP contribution is 2.58. The lowest BCUT2D eigenvalue weighted by atomic mass is 9.54. The molecule has 0 saturated heterocycles. The minimum atomic E-state index is -2.78. The van der Waals surface area contributed by atoms with Crippen molar-refractivity contribution in [1.82, 2.24) is 4.90 Å². The zero-order valence-electron chi connectivity index (χ0n) is 21.9. The van der Waals surface area contributed by atoms with E-state index in [0.29, 0.717) is 5.75 Å². The Morgan fingerprint density at radius 1 is 1.05 bits per heavy atom. The zero-order valence-corrected chi connectivity index (χ0v) is 22.7. The molecule has 5 atom stereocenters. The van der Waals surface area contributed by atoms with E-state index in [0.717, 1.165) is 5.56 Å². The Bertz CT molecular complexity index is 1490. The molecule has 0 spiro atoms. The van der Waals surface area contributed by atoms with Crippen molar-refractivity contribution in [2.24, 2.45) is 17.6 Å². The van der Waals surface area contributed by atoms with Crippen molar-refractivity contribution in [3.63, 3.8) is 0 Å². The minimum absolute atomic E-state index is 0.0349. The molecule has 0 unspecified atom stereocenters. The zero-order chi connectivity index (χ0) is 29.1. The van der Waals surface area contributed by atoms with Crippen LogP contribution in [-0.4, -0.2) is 79.4 Å². The summed E-state index contributed by atoms with van der Waals surface area (Å²) in [4.78, 5) is 41.1. The molecule has 210 valence electrons. The van der Waals surface area contributed by atoms with Crippen molar-refractivity contribution in [3.8, 4) is 5.75 Å². The molecular weight excluding hydrogens is 536 g/mol. The number of fused-ring (bicyclic) bond motifs is 3. The van der Waals surface area contributed by atoms with Crippen LogP contribution in [0.25, 0.3) is 5.76 Å². The van der Waals surface area contributed by atoms with Gasteiger partial charge in [-0.2, -0.15) is 11.8 Å². The van der Waals surface area contributed by atoms with Crippen LogP contribution >= 0.6 is 11.8 Å². The first-order valence-electron chi connectivity index (χ1n) is 12.7.